The van der Waals surface area contributed by atoms with Crippen LogP contribution in [0.1, 0.15) is 55.8 Å². The monoisotopic (exact) mass is 266 g/mol. The van der Waals surface area contributed by atoms with Gasteiger partial charge in [0.05, 0.1) is 5.01 Å². The van der Waals surface area contributed by atoms with Crippen LogP contribution in [0, 0.1) is 18.8 Å². The first kappa shape index (κ1) is 14.0. The molecule has 2 nitrogen and oxygen atoms in total. The first-order valence-electron chi connectivity index (χ1n) is 7.30. The molecular formula is C15H26N2S. The van der Waals surface area contributed by atoms with Crippen molar-refractivity contribution in [1.82, 2.24) is 10.3 Å². The molecule has 0 aliphatic heterocycles. The van der Waals surface area contributed by atoms with Gasteiger partial charge in [0, 0.05) is 23.7 Å². The molecule has 0 aromatic carbocycles. The second-order valence-corrected chi connectivity index (χ2v) is 7.26. The van der Waals surface area contributed by atoms with Crippen LogP contribution < -0.4 is 5.32 Å². The number of aryl methyl sites for hydroxylation is 1. The first-order chi connectivity index (χ1) is 8.65. The maximum Gasteiger partial charge on any atom is 0.0897 e. The van der Waals surface area contributed by atoms with Crippen LogP contribution in [0.15, 0.2) is 6.20 Å². The minimum atomic E-state index is 0.719. The Bertz CT molecular complexity index is 359. The maximum absolute atomic E-state index is 4.31. The van der Waals surface area contributed by atoms with Crippen molar-refractivity contribution in [2.45, 2.75) is 65.5 Å². The van der Waals surface area contributed by atoms with E-state index in [4.69, 9.17) is 0 Å². The van der Waals surface area contributed by atoms with Crippen LogP contribution in [0.25, 0.3) is 0 Å². The van der Waals surface area contributed by atoms with Gasteiger partial charge in [0.25, 0.3) is 0 Å². The van der Waals surface area contributed by atoms with E-state index in [0.29, 0.717) is 0 Å². The SMILES string of the molecule is Cc1ncc(CNC2CCCC(C(C)C)CC2)s1. The normalized spacial score (nSPS) is 25.3. The van der Waals surface area contributed by atoms with E-state index >= 15 is 0 Å². The average Bonchev–Trinajstić information content (AvgIpc) is 2.62. The molecule has 1 aliphatic carbocycles. The molecule has 1 aromatic heterocycles. The molecule has 1 saturated carbocycles. The lowest BCUT2D eigenvalue weighted by atomic mass is 9.89. The summed E-state index contributed by atoms with van der Waals surface area (Å²) in [5.74, 6) is 1.80. The molecule has 0 saturated heterocycles. The molecule has 1 aromatic rings. The second-order valence-electron chi connectivity index (χ2n) is 5.94. The Morgan fingerprint density at radius 3 is 2.83 bits per heavy atom. The van der Waals surface area contributed by atoms with Crippen LogP contribution >= 0.6 is 11.3 Å². The highest BCUT2D eigenvalue weighted by Gasteiger charge is 2.20. The molecule has 3 heteroatoms. The standard InChI is InChI=1S/C15H26N2S/c1-11(2)13-5-4-6-14(8-7-13)17-10-15-9-16-12(3)18-15/h9,11,13-14,17H,4-8,10H2,1-3H3. The average molecular weight is 266 g/mol. The number of rotatable bonds is 4. The quantitative estimate of drug-likeness (QED) is 0.828. The van der Waals surface area contributed by atoms with Crippen molar-refractivity contribution in [1.29, 1.82) is 0 Å². The van der Waals surface area contributed by atoms with Crippen molar-refractivity contribution >= 4 is 11.3 Å². The molecule has 0 bridgehead atoms. The topological polar surface area (TPSA) is 24.9 Å². The molecule has 0 spiro atoms. The van der Waals surface area contributed by atoms with Crippen molar-refractivity contribution in [3.8, 4) is 0 Å². The second kappa shape index (κ2) is 6.67. The van der Waals surface area contributed by atoms with Crippen molar-refractivity contribution in [3.63, 3.8) is 0 Å². The first-order valence-corrected chi connectivity index (χ1v) is 8.11. The van der Waals surface area contributed by atoms with Gasteiger partial charge in [-0.1, -0.05) is 26.7 Å². The molecule has 1 heterocycles. The van der Waals surface area contributed by atoms with Crippen molar-refractivity contribution in [2.75, 3.05) is 0 Å². The highest BCUT2D eigenvalue weighted by molar-refractivity contribution is 7.11. The summed E-state index contributed by atoms with van der Waals surface area (Å²) in [4.78, 5) is 5.69. The molecule has 1 aliphatic rings. The zero-order chi connectivity index (χ0) is 13.0. The van der Waals surface area contributed by atoms with E-state index in [9.17, 15) is 0 Å². The Hall–Kier alpha value is -0.410. The predicted octanol–water partition coefficient (Wildman–Crippen LogP) is 4.15. The summed E-state index contributed by atoms with van der Waals surface area (Å²) in [5, 5.41) is 4.89. The highest BCUT2D eigenvalue weighted by Crippen LogP contribution is 2.29. The molecule has 0 radical (unpaired) electrons. The molecule has 1 fully saturated rings. The summed E-state index contributed by atoms with van der Waals surface area (Å²) < 4.78 is 0. The van der Waals surface area contributed by atoms with Gasteiger partial charge in [-0.2, -0.15) is 0 Å². The third-order valence-corrected chi connectivity index (χ3v) is 5.10. The molecular weight excluding hydrogens is 240 g/mol. The number of thiazole rings is 1. The molecule has 1 N–H and O–H groups in total. The summed E-state index contributed by atoms with van der Waals surface area (Å²) in [6, 6.07) is 0.719. The molecule has 2 unspecified atom stereocenters. The summed E-state index contributed by atoms with van der Waals surface area (Å²) in [5.41, 5.74) is 0. The van der Waals surface area contributed by atoms with Crippen LogP contribution in [0.2, 0.25) is 0 Å². The summed E-state index contributed by atoms with van der Waals surface area (Å²) in [6.45, 7) is 7.83. The van der Waals surface area contributed by atoms with E-state index in [1.165, 1.54) is 42.0 Å². The van der Waals surface area contributed by atoms with E-state index in [1.54, 1.807) is 0 Å². The van der Waals surface area contributed by atoms with Crippen molar-refractivity contribution in [2.24, 2.45) is 11.8 Å². The minimum absolute atomic E-state index is 0.719. The molecule has 102 valence electrons. The Labute approximate surface area is 115 Å². The number of aromatic nitrogens is 1. The zero-order valence-corrected chi connectivity index (χ0v) is 12.7. The molecule has 2 rings (SSSR count). The summed E-state index contributed by atoms with van der Waals surface area (Å²) in [7, 11) is 0. The fourth-order valence-corrected chi connectivity index (χ4v) is 3.68. The fourth-order valence-electron chi connectivity index (χ4n) is 2.93. The Balaban J connectivity index is 1.77. The summed E-state index contributed by atoms with van der Waals surface area (Å²) >= 11 is 1.81. The van der Waals surface area contributed by atoms with Gasteiger partial charge in [0.2, 0.25) is 0 Å². The van der Waals surface area contributed by atoms with Crippen LogP contribution in [-0.2, 0) is 6.54 Å². The number of nitrogens with zero attached hydrogens (tertiary/aromatic N) is 1. The van der Waals surface area contributed by atoms with E-state index in [1.807, 2.05) is 17.5 Å². The largest absolute Gasteiger partial charge is 0.309 e. The Morgan fingerprint density at radius 2 is 2.17 bits per heavy atom. The summed E-state index contributed by atoms with van der Waals surface area (Å²) in [6.07, 6.45) is 8.93. The van der Waals surface area contributed by atoms with E-state index in [0.717, 1.165) is 24.4 Å². The van der Waals surface area contributed by atoms with Gasteiger partial charge in [-0.25, -0.2) is 4.98 Å². The third-order valence-electron chi connectivity index (χ3n) is 4.19. The maximum atomic E-state index is 4.31. The fraction of sp³-hybridized carbons (Fsp3) is 0.800. The number of hydrogen-bond acceptors (Lipinski definition) is 3. The zero-order valence-electron chi connectivity index (χ0n) is 11.9. The van der Waals surface area contributed by atoms with Gasteiger partial charge < -0.3 is 5.32 Å². The van der Waals surface area contributed by atoms with Gasteiger partial charge in [0.15, 0.2) is 0 Å². The van der Waals surface area contributed by atoms with Gasteiger partial charge in [-0.05, 0) is 38.0 Å². The minimum Gasteiger partial charge on any atom is -0.309 e. The lowest BCUT2D eigenvalue weighted by Gasteiger charge is -2.19. The molecule has 0 amide bonds. The number of hydrogen-bond donors (Lipinski definition) is 1. The highest BCUT2D eigenvalue weighted by atomic mass is 32.1. The van der Waals surface area contributed by atoms with Gasteiger partial charge >= 0.3 is 0 Å². The predicted molar refractivity (Wildman–Crippen MR) is 78.9 cm³/mol. The smallest absolute Gasteiger partial charge is 0.0897 e. The van der Waals surface area contributed by atoms with Crippen LogP contribution in [0.5, 0.6) is 0 Å². The Kier molecular flexibility index (Phi) is 5.19. The van der Waals surface area contributed by atoms with E-state index < -0.39 is 0 Å². The molecule has 18 heavy (non-hydrogen) atoms. The van der Waals surface area contributed by atoms with Crippen LogP contribution in [-0.4, -0.2) is 11.0 Å². The van der Waals surface area contributed by atoms with Gasteiger partial charge in [-0.3, -0.25) is 0 Å². The lowest BCUT2D eigenvalue weighted by molar-refractivity contribution is 0.338. The van der Waals surface area contributed by atoms with Crippen molar-refractivity contribution in [3.05, 3.63) is 16.1 Å². The van der Waals surface area contributed by atoms with Crippen molar-refractivity contribution < 1.29 is 0 Å². The van der Waals surface area contributed by atoms with E-state index in [2.05, 4.69) is 31.1 Å². The third kappa shape index (κ3) is 4.06. The Morgan fingerprint density at radius 1 is 1.33 bits per heavy atom. The van der Waals surface area contributed by atoms with Crippen LogP contribution in [0.3, 0.4) is 0 Å². The van der Waals surface area contributed by atoms with Crippen LogP contribution in [0.4, 0.5) is 0 Å². The lowest BCUT2D eigenvalue weighted by Crippen LogP contribution is -2.27. The molecule has 2 atom stereocenters. The number of nitrogens with one attached hydrogen (secondary N) is 1. The van der Waals surface area contributed by atoms with Gasteiger partial charge in [-0.15, -0.1) is 11.3 Å². The van der Waals surface area contributed by atoms with Gasteiger partial charge in [0.1, 0.15) is 0 Å². The van der Waals surface area contributed by atoms with E-state index in [-0.39, 0.29) is 0 Å².